The highest BCUT2D eigenvalue weighted by molar-refractivity contribution is 5.88. The van der Waals surface area contributed by atoms with Gasteiger partial charge in [0, 0.05) is 7.05 Å². The number of esters is 1. The van der Waals surface area contributed by atoms with Crippen molar-refractivity contribution in [3.8, 4) is 0 Å². The Kier molecular flexibility index (Phi) is 3.37. The van der Waals surface area contributed by atoms with Crippen molar-refractivity contribution < 1.29 is 9.53 Å². The summed E-state index contributed by atoms with van der Waals surface area (Å²) >= 11 is 0. The molecule has 0 atom stereocenters. The topological polar surface area (TPSA) is 77.2 Å². The van der Waals surface area contributed by atoms with Crippen LogP contribution in [0.15, 0.2) is 12.1 Å². The maximum absolute atomic E-state index is 11.7. The molecule has 0 spiro atoms. The zero-order valence-electron chi connectivity index (χ0n) is 10.00. The van der Waals surface area contributed by atoms with Gasteiger partial charge in [0.2, 0.25) is 0 Å². The molecule has 0 amide bonds. The lowest BCUT2D eigenvalue weighted by atomic mass is 10.2. The summed E-state index contributed by atoms with van der Waals surface area (Å²) in [6, 6.07) is 3.17. The zero-order valence-corrected chi connectivity index (χ0v) is 10.00. The van der Waals surface area contributed by atoms with Crippen molar-refractivity contribution in [2.24, 2.45) is 0 Å². The van der Waals surface area contributed by atoms with E-state index in [0.29, 0.717) is 11.5 Å². The van der Waals surface area contributed by atoms with Gasteiger partial charge < -0.3 is 15.8 Å². The first-order valence-corrected chi connectivity index (χ1v) is 5.01. The summed E-state index contributed by atoms with van der Waals surface area (Å²) in [7, 11) is 1.69. The van der Waals surface area contributed by atoms with Gasteiger partial charge in [-0.2, -0.15) is 0 Å². The van der Waals surface area contributed by atoms with Crippen LogP contribution in [-0.2, 0) is 4.74 Å². The largest absolute Gasteiger partial charge is 0.455 e. The SMILES string of the molecule is CNc1nc(C(=O)OC(C)(C)C)ccc1N. The molecule has 0 aliphatic rings. The van der Waals surface area contributed by atoms with E-state index in [1.54, 1.807) is 40.0 Å². The Morgan fingerprint density at radius 3 is 2.56 bits per heavy atom. The normalized spacial score (nSPS) is 11.0. The molecule has 0 saturated heterocycles. The molecule has 0 bridgehead atoms. The highest BCUT2D eigenvalue weighted by Crippen LogP contribution is 2.17. The minimum Gasteiger partial charge on any atom is -0.455 e. The van der Waals surface area contributed by atoms with Crippen molar-refractivity contribution in [2.75, 3.05) is 18.1 Å². The highest BCUT2D eigenvalue weighted by atomic mass is 16.6. The van der Waals surface area contributed by atoms with Crippen LogP contribution in [0, 0.1) is 0 Å². The fraction of sp³-hybridized carbons (Fsp3) is 0.455. The number of hydrogen-bond acceptors (Lipinski definition) is 5. The van der Waals surface area contributed by atoms with Crippen LogP contribution in [0.1, 0.15) is 31.3 Å². The molecular weight excluding hydrogens is 206 g/mol. The van der Waals surface area contributed by atoms with E-state index in [1.165, 1.54) is 0 Å². The van der Waals surface area contributed by atoms with E-state index in [2.05, 4.69) is 10.3 Å². The van der Waals surface area contributed by atoms with Gasteiger partial charge in [0.15, 0.2) is 5.69 Å². The molecule has 16 heavy (non-hydrogen) atoms. The minimum atomic E-state index is -0.528. The van der Waals surface area contributed by atoms with Crippen LogP contribution in [0.2, 0.25) is 0 Å². The molecule has 0 radical (unpaired) electrons. The third-order valence-electron chi connectivity index (χ3n) is 1.77. The van der Waals surface area contributed by atoms with Crippen LogP contribution < -0.4 is 11.1 Å². The molecule has 1 rings (SSSR count). The molecule has 1 aromatic heterocycles. The quantitative estimate of drug-likeness (QED) is 0.745. The number of pyridine rings is 1. The number of aromatic nitrogens is 1. The van der Waals surface area contributed by atoms with E-state index in [1.807, 2.05) is 0 Å². The number of ether oxygens (including phenoxy) is 1. The number of hydrogen-bond donors (Lipinski definition) is 2. The third kappa shape index (κ3) is 3.12. The minimum absolute atomic E-state index is 0.244. The van der Waals surface area contributed by atoms with Crippen molar-refractivity contribution in [1.29, 1.82) is 0 Å². The van der Waals surface area contributed by atoms with E-state index in [9.17, 15) is 4.79 Å². The Labute approximate surface area is 95.0 Å². The van der Waals surface area contributed by atoms with Crippen LogP contribution in [0.3, 0.4) is 0 Å². The van der Waals surface area contributed by atoms with Gasteiger partial charge in [-0.15, -0.1) is 0 Å². The van der Waals surface area contributed by atoms with Gasteiger partial charge in [-0.3, -0.25) is 0 Å². The van der Waals surface area contributed by atoms with Gasteiger partial charge in [-0.1, -0.05) is 0 Å². The number of rotatable bonds is 2. The van der Waals surface area contributed by atoms with Gasteiger partial charge in [0.1, 0.15) is 11.4 Å². The second kappa shape index (κ2) is 4.38. The fourth-order valence-corrected chi connectivity index (χ4v) is 1.11. The molecule has 1 heterocycles. The number of nitrogens with zero attached hydrogens (tertiary/aromatic N) is 1. The van der Waals surface area contributed by atoms with E-state index in [-0.39, 0.29) is 5.69 Å². The van der Waals surface area contributed by atoms with Crippen LogP contribution in [0.4, 0.5) is 11.5 Å². The Hall–Kier alpha value is -1.78. The van der Waals surface area contributed by atoms with Gasteiger partial charge >= 0.3 is 5.97 Å². The van der Waals surface area contributed by atoms with E-state index in [0.717, 1.165) is 0 Å². The number of carbonyl (C=O) groups is 1. The van der Waals surface area contributed by atoms with E-state index >= 15 is 0 Å². The van der Waals surface area contributed by atoms with Gasteiger partial charge in [-0.05, 0) is 32.9 Å². The third-order valence-corrected chi connectivity index (χ3v) is 1.77. The maximum atomic E-state index is 11.7. The first kappa shape index (κ1) is 12.3. The molecule has 0 saturated carbocycles. The Balaban J connectivity index is 2.93. The number of nitrogens with two attached hydrogens (primary N) is 1. The molecule has 3 N–H and O–H groups in total. The lowest BCUT2D eigenvalue weighted by Gasteiger charge is -2.19. The summed E-state index contributed by atoms with van der Waals surface area (Å²) in [5.74, 6) is 0.0207. The first-order chi connectivity index (χ1) is 7.33. The van der Waals surface area contributed by atoms with Crippen LogP contribution in [-0.4, -0.2) is 23.6 Å². The van der Waals surface area contributed by atoms with Crippen molar-refractivity contribution in [2.45, 2.75) is 26.4 Å². The predicted octanol–water partition coefficient (Wildman–Crippen LogP) is 1.66. The predicted molar refractivity (Wildman–Crippen MR) is 63.4 cm³/mol. The smallest absolute Gasteiger partial charge is 0.357 e. The zero-order chi connectivity index (χ0) is 12.3. The molecule has 1 aromatic rings. The summed E-state index contributed by atoms with van der Waals surface area (Å²) in [6.45, 7) is 5.42. The molecule has 0 aliphatic heterocycles. The summed E-state index contributed by atoms with van der Waals surface area (Å²) in [5.41, 5.74) is 5.86. The monoisotopic (exact) mass is 223 g/mol. The second-order valence-electron chi connectivity index (χ2n) is 4.39. The lowest BCUT2D eigenvalue weighted by molar-refractivity contribution is 0.00631. The average Bonchev–Trinajstić information content (AvgIpc) is 2.15. The first-order valence-electron chi connectivity index (χ1n) is 5.01. The standard InChI is InChI=1S/C11H17N3O2/c1-11(2,3)16-10(15)8-6-5-7(12)9(13-4)14-8/h5-6H,12H2,1-4H3,(H,13,14). The van der Waals surface area contributed by atoms with Crippen molar-refractivity contribution in [1.82, 2.24) is 4.98 Å². The van der Waals surface area contributed by atoms with Crippen molar-refractivity contribution >= 4 is 17.5 Å². The number of nitrogens with one attached hydrogen (secondary N) is 1. The molecule has 0 aliphatic carbocycles. The van der Waals surface area contributed by atoms with Gasteiger partial charge in [0.25, 0.3) is 0 Å². The maximum Gasteiger partial charge on any atom is 0.357 e. The molecule has 5 heteroatoms. The summed E-state index contributed by atoms with van der Waals surface area (Å²) in [6.07, 6.45) is 0. The average molecular weight is 223 g/mol. The van der Waals surface area contributed by atoms with Crippen molar-refractivity contribution in [3.05, 3.63) is 17.8 Å². The lowest BCUT2D eigenvalue weighted by Crippen LogP contribution is -2.24. The van der Waals surface area contributed by atoms with Crippen LogP contribution in [0.25, 0.3) is 0 Å². The number of carbonyl (C=O) groups excluding carboxylic acids is 1. The van der Waals surface area contributed by atoms with Gasteiger partial charge in [-0.25, -0.2) is 9.78 Å². The van der Waals surface area contributed by atoms with E-state index in [4.69, 9.17) is 10.5 Å². The van der Waals surface area contributed by atoms with Gasteiger partial charge in [0.05, 0.1) is 5.69 Å². The Morgan fingerprint density at radius 1 is 1.44 bits per heavy atom. The molecule has 0 fully saturated rings. The molecule has 0 aromatic carbocycles. The summed E-state index contributed by atoms with van der Waals surface area (Å²) in [4.78, 5) is 15.8. The molecular formula is C11H17N3O2. The van der Waals surface area contributed by atoms with Crippen LogP contribution in [0.5, 0.6) is 0 Å². The summed E-state index contributed by atoms with van der Waals surface area (Å²) < 4.78 is 5.19. The molecule has 88 valence electrons. The highest BCUT2D eigenvalue weighted by Gasteiger charge is 2.19. The van der Waals surface area contributed by atoms with E-state index < -0.39 is 11.6 Å². The summed E-state index contributed by atoms with van der Waals surface area (Å²) in [5, 5.41) is 2.81. The second-order valence-corrected chi connectivity index (χ2v) is 4.39. The number of nitrogen functional groups attached to an aromatic ring is 1. The Morgan fingerprint density at radius 2 is 2.06 bits per heavy atom. The van der Waals surface area contributed by atoms with Crippen molar-refractivity contribution in [3.63, 3.8) is 0 Å². The molecule has 5 nitrogen and oxygen atoms in total. The fourth-order valence-electron chi connectivity index (χ4n) is 1.11. The Bertz CT molecular complexity index is 397. The molecule has 0 unspecified atom stereocenters. The van der Waals surface area contributed by atoms with Crippen LogP contribution >= 0.6 is 0 Å². The number of anilines is 2.